The van der Waals surface area contributed by atoms with Crippen LogP contribution in [0.1, 0.15) is 22.8 Å². The molecule has 0 aliphatic carbocycles. The Bertz CT molecular complexity index is 581. The molecule has 0 aliphatic heterocycles. The van der Waals surface area contributed by atoms with E-state index in [0.29, 0.717) is 18.8 Å². The van der Waals surface area contributed by atoms with Gasteiger partial charge in [0, 0.05) is 18.7 Å². The van der Waals surface area contributed by atoms with Gasteiger partial charge in [0.1, 0.15) is 12.4 Å². The van der Waals surface area contributed by atoms with Crippen LogP contribution in [0.3, 0.4) is 0 Å². The van der Waals surface area contributed by atoms with Crippen LogP contribution in [0.2, 0.25) is 0 Å². The molecule has 1 atom stereocenters. The van der Waals surface area contributed by atoms with E-state index in [1.807, 2.05) is 37.3 Å². The second-order valence-electron chi connectivity index (χ2n) is 5.13. The summed E-state index contributed by atoms with van der Waals surface area (Å²) in [6, 6.07) is 17.1. The molecule has 1 amide bonds. The van der Waals surface area contributed by atoms with Gasteiger partial charge in [0.15, 0.2) is 0 Å². The third-order valence-electron chi connectivity index (χ3n) is 3.16. The Kier molecular flexibility index (Phi) is 5.98. The number of carbonyl (C=O) groups is 1. The minimum Gasteiger partial charge on any atom is -0.489 e. The Morgan fingerprint density at radius 3 is 2.41 bits per heavy atom. The van der Waals surface area contributed by atoms with E-state index in [9.17, 15) is 4.79 Å². The van der Waals surface area contributed by atoms with Crippen molar-refractivity contribution >= 4 is 5.91 Å². The van der Waals surface area contributed by atoms with Crippen molar-refractivity contribution in [3.8, 4) is 5.75 Å². The summed E-state index contributed by atoms with van der Waals surface area (Å²) in [5.41, 5.74) is 1.72. The van der Waals surface area contributed by atoms with Crippen LogP contribution in [0.25, 0.3) is 0 Å². The first-order chi connectivity index (χ1) is 10.7. The van der Waals surface area contributed by atoms with Crippen LogP contribution in [0, 0.1) is 0 Å². The fourth-order valence-corrected chi connectivity index (χ4v) is 2.04. The van der Waals surface area contributed by atoms with E-state index in [1.165, 1.54) is 0 Å². The molecule has 22 heavy (non-hydrogen) atoms. The number of nitrogens with one attached hydrogen (secondary N) is 1. The van der Waals surface area contributed by atoms with Gasteiger partial charge in [-0.1, -0.05) is 30.3 Å². The molecular weight excluding hydrogens is 278 g/mol. The zero-order valence-corrected chi connectivity index (χ0v) is 12.9. The van der Waals surface area contributed by atoms with Crippen molar-refractivity contribution in [3.05, 3.63) is 65.7 Å². The Hall–Kier alpha value is -2.33. The van der Waals surface area contributed by atoms with Crippen molar-refractivity contribution in [1.29, 1.82) is 0 Å². The minimum absolute atomic E-state index is 0.0218. The second-order valence-corrected chi connectivity index (χ2v) is 5.13. The molecule has 1 unspecified atom stereocenters. The molecule has 2 rings (SSSR count). The van der Waals surface area contributed by atoms with Gasteiger partial charge < -0.3 is 14.8 Å². The van der Waals surface area contributed by atoms with Gasteiger partial charge in [0.25, 0.3) is 5.91 Å². The number of hydrogen-bond donors (Lipinski definition) is 1. The molecule has 0 spiro atoms. The highest BCUT2D eigenvalue weighted by Crippen LogP contribution is 2.14. The highest BCUT2D eigenvalue weighted by molar-refractivity contribution is 5.94. The van der Waals surface area contributed by atoms with E-state index in [2.05, 4.69) is 5.32 Å². The molecular formula is C18H21NO3. The summed E-state index contributed by atoms with van der Waals surface area (Å²) in [6.07, 6.45) is 0. The van der Waals surface area contributed by atoms with Crippen molar-refractivity contribution in [2.75, 3.05) is 13.7 Å². The molecule has 0 bridgehead atoms. The molecule has 0 heterocycles. The van der Waals surface area contributed by atoms with Gasteiger partial charge in [-0.2, -0.15) is 0 Å². The summed E-state index contributed by atoms with van der Waals surface area (Å²) < 4.78 is 10.7. The van der Waals surface area contributed by atoms with Crippen molar-refractivity contribution in [2.24, 2.45) is 0 Å². The van der Waals surface area contributed by atoms with Gasteiger partial charge in [0.05, 0.1) is 6.61 Å². The standard InChI is InChI=1S/C18H21NO3/c1-14(12-21-2)19-18(20)16-8-10-17(11-9-16)22-13-15-6-4-3-5-7-15/h3-11,14H,12-13H2,1-2H3,(H,19,20). The summed E-state index contributed by atoms with van der Waals surface area (Å²) in [5.74, 6) is 0.629. The summed E-state index contributed by atoms with van der Waals surface area (Å²) in [5, 5.41) is 2.87. The Morgan fingerprint density at radius 1 is 1.09 bits per heavy atom. The van der Waals surface area contributed by atoms with Crippen LogP contribution < -0.4 is 10.1 Å². The monoisotopic (exact) mass is 299 g/mol. The van der Waals surface area contributed by atoms with Crippen LogP contribution in [-0.2, 0) is 11.3 Å². The summed E-state index contributed by atoms with van der Waals surface area (Å²) in [4.78, 5) is 12.0. The number of benzene rings is 2. The predicted molar refractivity (Wildman–Crippen MR) is 86.0 cm³/mol. The number of methoxy groups -OCH3 is 1. The van der Waals surface area contributed by atoms with Gasteiger partial charge in [-0.3, -0.25) is 4.79 Å². The number of amides is 1. The maximum Gasteiger partial charge on any atom is 0.251 e. The molecule has 0 saturated heterocycles. The van der Waals surface area contributed by atoms with Crippen LogP contribution in [0.4, 0.5) is 0 Å². The Balaban J connectivity index is 1.88. The highest BCUT2D eigenvalue weighted by Gasteiger charge is 2.09. The van der Waals surface area contributed by atoms with Crippen molar-refractivity contribution in [3.63, 3.8) is 0 Å². The maximum atomic E-state index is 12.0. The number of ether oxygens (including phenoxy) is 2. The Labute approximate surface area is 131 Å². The molecule has 0 radical (unpaired) electrons. The lowest BCUT2D eigenvalue weighted by Crippen LogP contribution is -2.35. The van der Waals surface area contributed by atoms with Crippen LogP contribution in [0.15, 0.2) is 54.6 Å². The predicted octanol–water partition coefficient (Wildman–Crippen LogP) is 3.03. The third-order valence-corrected chi connectivity index (χ3v) is 3.16. The van der Waals surface area contributed by atoms with Crippen LogP contribution in [0.5, 0.6) is 5.75 Å². The summed E-state index contributed by atoms with van der Waals surface area (Å²) >= 11 is 0. The average molecular weight is 299 g/mol. The van der Waals surface area contributed by atoms with Crippen LogP contribution >= 0.6 is 0 Å². The smallest absolute Gasteiger partial charge is 0.251 e. The largest absolute Gasteiger partial charge is 0.489 e. The third kappa shape index (κ3) is 4.90. The van der Waals surface area contributed by atoms with Crippen molar-refractivity contribution < 1.29 is 14.3 Å². The summed E-state index contributed by atoms with van der Waals surface area (Å²) in [6.45, 7) is 2.90. The zero-order valence-electron chi connectivity index (χ0n) is 12.9. The quantitative estimate of drug-likeness (QED) is 0.855. The molecule has 4 heteroatoms. The first-order valence-electron chi connectivity index (χ1n) is 7.25. The van der Waals surface area contributed by atoms with E-state index >= 15 is 0 Å². The zero-order chi connectivity index (χ0) is 15.8. The SMILES string of the molecule is COCC(C)NC(=O)c1ccc(OCc2ccccc2)cc1. The Morgan fingerprint density at radius 2 is 1.77 bits per heavy atom. The molecule has 0 saturated carbocycles. The highest BCUT2D eigenvalue weighted by atomic mass is 16.5. The van der Waals surface area contributed by atoms with E-state index in [1.54, 1.807) is 31.4 Å². The van der Waals surface area contributed by atoms with Crippen LogP contribution in [-0.4, -0.2) is 25.7 Å². The molecule has 2 aromatic carbocycles. The maximum absolute atomic E-state index is 12.0. The van der Waals surface area contributed by atoms with Gasteiger partial charge >= 0.3 is 0 Å². The fourth-order valence-electron chi connectivity index (χ4n) is 2.04. The molecule has 0 fully saturated rings. The lowest BCUT2D eigenvalue weighted by Gasteiger charge is -2.13. The molecule has 4 nitrogen and oxygen atoms in total. The summed E-state index contributed by atoms with van der Waals surface area (Å²) in [7, 11) is 1.61. The first kappa shape index (κ1) is 16.0. The van der Waals surface area contributed by atoms with Gasteiger partial charge in [-0.05, 0) is 36.8 Å². The molecule has 0 aromatic heterocycles. The van der Waals surface area contributed by atoms with Gasteiger partial charge in [-0.25, -0.2) is 0 Å². The van der Waals surface area contributed by atoms with Crippen molar-refractivity contribution in [1.82, 2.24) is 5.32 Å². The molecule has 1 N–H and O–H groups in total. The number of rotatable bonds is 7. The average Bonchev–Trinajstić information content (AvgIpc) is 2.54. The topological polar surface area (TPSA) is 47.6 Å². The van der Waals surface area contributed by atoms with Gasteiger partial charge in [-0.15, -0.1) is 0 Å². The molecule has 116 valence electrons. The van der Waals surface area contributed by atoms with Crippen molar-refractivity contribution in [2.45, 2.75) is 19.6 Å². The van der Waals surface area contributed by atoms with E-state index in [-0.39, 0.29) is 11.9 Å². The fraction of sp³-hybridized carbons (Fsp3) is 0.278. The molecule has 0 aliphatic rings. The number of carbonyl (C=O) groups excluding carboxylic acids is 1. The first-order valence-corrected chi connectivity index (χ1v) is 7.25. The molecule has 2 aromatic rings. The second kappa shape index (κ2) is 8.20. The van der Waals surface area contributed by atoms with E-state index in [0.717, 1.165) is 11.3 Å². The minimum atomic E-state index is -0.112. The lowest BCUT2D eigenvalue weighted by atomic mass is 10.2. The lowest BCUT2D eigenvalue weighted by molar-refractivity contribution is 0.0905. The number of hydrogen-bond acceptors (Lipinski definition) is 3. The van der Waals surface area contributed by atoms with Gasteiger partial charge in [0.2, 0.25) is 0 Å². The normalized spacial score (nSPS) is 11.7. The van der Waals surface area contributed by atoms with E-state index in [4.69, 9.17) is 9.47 Å². The van der Waals surface area contributed by atoms with E-state index < -0.39 is 0 Å².